The van der Waals surface area contributed by atoms with Crippen LogP contribution >= 0.6 is 0 Å². The number of carbonyl (C=O) groups is 2. The van der Waals surface area contributed by atoms with Crippen LogP contribution in [0, 0.1) is 13.8 Å². The lowest BCUT2D eigenvalue weighted by atomic mass is 9.87. The number of benzene rings is 2. The van der Waals surface area contributed by atoms with E-state index in [0.29, 0.717) is 18.0 Å². The molecule has 2 aromatic carbocycles. The minimum absolute atomic E-state index is 0.0328. The van der Waals surface area contributed by atoms with E-state index in [1.807, 2.05) is 38.1 Å². The van der Waals surface area contributed by atoms with Crippen molar-refractivity contribution < 1.29 is 23.6 Å². The van der Waals surface area contributed by atoms with E-state index in [2.05, 4.69) is 31.2 Å². The van der Waals surface area contributed by atoms with Gasteiger partial charge in [0.05, 0.1) is 17.7 Å². The first-order valence-electron chi connectivity index (χ1n) is 11.3. The molecule has 1 N–H and O–H groups in total. The van der Waals surface area contributed by atoms with Crippen molar-refractivity contribution in [1.82, 2.24) is 5.16 Å². The summed E-state index contributed by atoms with van der Waals surface area (Å²) in [7, 11) is 0. The Morgan fingerprint density at radius 1 is 1.03 bits per heavy atom. The molecule has 1 amide bonds. The summed E-state index contributed by atoms with van der Waals surface area (Å²) in [5.41, 5.74) is 4.35. The predicted octanol–water partition coefficient (Wildman–Crippen LogP) is 5.28. The van der Waals surface area contributed by atoms with Gasteiger partial charge in [-0.15, -0.1) is 0 Å². The lowest BCUT2D eigenvalue weighted by molar-refractivity contribution is -0.152. The quantitative estimate of drug-likeness (QED) is 0.456. The number of nitrogens with zero attached hydrogens (tertiary/aromatic N) is 1. The number of hydrogen-bond acceptors (Lipinski definition) is 6. The van der Waals surface area contributed by atoms with Gasteiger partial charge in [-0.1, -0.05) is 50.2 Å². The first-order valence-corrected chi connectivity index (χ1v) is 11.3. The number of aryl methyl sites for hydroxylation is 2. The number of hydrogen-bond donors (Lipinski definition) is 1. The molecule has 3 aromatic rings. The van der Waals surface area contributed by atoms with Crippen LogP contribution in [-0.2, 0) is 32.8 Å². The van der Waals surface area contributed by atoms with Crippen LogP contribution in [0.25, 0.3) is 0 Å². The molecule has 0 spiro atoms. The summed E-state index contributed by atoms with van der Waals surface area (Å²) < 4.78 is 16.2. The van der Waals surface area contributed by atoms with Crippen molar-refractivity contribution in [2.24, 2.45) is 0 Å². The van der Waals surface area contributed by atoms with Crippen molar-refractivity contribution in [3.63, 3.8) is 0 Å². The number of ether oxygens (including phenoxy) is 2. The third-order valence-corrected chi connectivity index (χ3v) is 5.53. The number of rotatable bonds is 8. The Balaban J connectivity index is 1.47. The Morgan fingerprint density at radius 3 is 2.24 bits per heavy atom. The molecule has 0 fully saturated rings. The van der Waals surface area contributed by atoms with Crippen molar-refractivity contribution in [1.29, 1.82) is 0 Å². The minimum Gasteiger partial charge on any atom is -0.489 e. The average Bonchev–Trinajstić information content (AvgIpc) is 3.10. The maximum absolute atomic E-state index is 12.4. The second-order valence-electron chi connectivity index (χ2n) is 9.36. The number of amides is 1. The second-order valence-corrected chi connectivity index (χ2v) is 9.36. The molecular weight excluding hydrogens is 432 g/mol. The summed E-state index contributed by atoms with van der Waals surface area (Å²) in [5, 5.41) is 6.70. The van der Waals surface area contributed by atoms with Crippen LogP contribution < -0.4 is 10.1 Å². The molecule has 1 aromatic heterocycles. The number of aromatic nitrogens is 1. The third-order valence-electron chi connectivity index (χ3n) is 5.53. The molecule has 180 valence electrons. The molecule has 1 heterocycles. The van der Waals surface area contributed by atoms with Gasteiger partial charge < -0.3 is 19.3 Å². The Kier molecular flexibility index (Phi) is 7.76. The fourth-order valence-corrected chi connectivity index (χ4v) is 3.32. The van der Waals surface area contributed by atoms with Crippen LogP contribution in [0.3, 0.4) is 0 Å². The molecule has 0 bridgehead atoms. The van der Waals surface area contributed by atoms with Crippen molar-refractivity contribution in [2.45, 2.75) is 66.1 Å². The molecule has 0 aliphatic rings. The molecule has 0 aliphatic heterocycles. The van der Waals surface area contributed by atoms with Crippen LogP contribution in [0.15, 0.2) is 53.1 Å². The summed E-state index contributed by atoms with van der Waals surface area (Å²) in [5.74, 6) is 0.550. The predicted molar refractivity (Wildman–Crippen MR) is 130 cm³/mol. The van der Waals surface area contributed by atoms with Gasteiger partial charge in [0.15, 0.2) is 6.10 Å². The maximum atomic E-state index is 12.4. The van der Waals surface area contributed by atoms with E-state index in [0.717, 1.165) is 22.6 Å². The number of carbonyl (C=O) groups excluding carboxylic acids is 2. The van der Waals surface area contributed by atoms with Gasteiger partial charge in [-0.3, -0.25) is 9.59 Å². The van der Waals surface area contributed by atoms with Gasteiger partial charge >= 0.3 is 5.97 Å². The molecule has 3 rings (SSSR count). The largest absolute Gasteiger partial charge is 0.489 e. The molecule has 34 heavy (non-hydrogen) atoms. The molecule has 0 saturated heterocycles. The SMILES string of the molecule is Cc1noc(C)c1COc1ccc(CC(=O)OC(C)C(=O)Nc2ccc(C(C)(C)C)cc2)cc1. The van der Waals surface area contributed by atoms with Crippen LogP contribution in [-0.4, -0.2) is 23.1 Å². The van der Waals surface area contributed by atoms with Gasteiger partial charge in [0.1, 0.15) is 18.1 Å². The Morgan fingerprint density at radius 2 is 1.68 bits per heavy atom. The zero-order valence-electron chi connectivity index (χ0n) is 20.6. The zero-order valence-corrected chi connectivity index (χ0v) is 20.6. The van der Waals surface area contributed by atoms with E-state index < -0.39 is 12.1 Å². The lowest BCUT2D eigenvalue weighted by Crippen LogP contribution is -2.30. The smallest absolute Gasteiger partial charge is 0.311 e. The lowest BCUT2D eigenvalue weighted by Gasteiger charge is -2.19. The molecule has 0 saturated carbocycles. The number of esters is 1. The first-order chi connectivity index (χ1) is 16.0. The minimum atomic E-state index is -0.910. The van der Waals surface area contributed by atoms with Gasteiger partial charge in [-0.05, 0) is 61.6 Å². The number of anilines is 1. The van der Waals surface area contributed by atoms with E-state index >= 15 is 0 Å². The molecule has 1 unspecified atom stereocenters. The summed E-state index contributed by atoms with van der Waals surface area (Å²) in [6.07, 6.45) is -0.852. The van der Waals surface area contributed by atoms with Crippen molar-refractivity contribution >= 4 is 17.6 Å². The van der Waals surface area contributed by atoms with Crippen molar-refractivity contribution in [3.8, 4) is 5.75 Å². The highest BCUT2D eigenvalue weighted by Gasteiger charge is 2.19. The van der Waals surface area contributed by atoms with E-state index in [9.17, 15) is 9.59 Å². The summed E-state index contributed by atoms with van der Waals surface area (Å²) in [4.78, 5) is 24.8. The van der Waals surface area contributed by atoms with Crippen LogP contribution in [0.1, 0.15) is 55.8 Å². The van der Waals surface area contributed by atoms with Crippen molar-refractivity contribution in [3.05, 3.63) is 76.7 Å². The Bertz CT molecular complexity index is 1110. The van der Waals surface area contributed by atoms with Gasteiger partial charge in [-0.2, -0.15) is 0 Å². The van der Waals surface area contributed by atoms with E-state index in [-0.39, 0.29) is 17.7 Å². The Labute approximate surface area is 200 Å². The fraction of sp³-hybridized carbons (Fsp3) is 0.370. The van der Waals surface area contributed by atoms with E-state index in [1.54, 1.807) is 31.2 Å². The van der Waals surface area contributed by atoms with Crippen LogP contribution in [0.5, 0.6) is 5.75 Å². The zero-order chi connectivity index (χ0) is 24.9. The van der Waals surface area contributed by atoms with Crippen LogP contribution in [0.4, 0.5) is 5.69 Å². The highest BCUT2D eigenvalue weighted by Crippen LogP contribution is 2.23. The van der Waals surface area contributed by atoms with Gasteiger partial charge in [0, 0.05) is 5.69 Å². The standard InChI is InChI=1S/C27H32N2O5/c1-17-24(18(2)34-29-17)16-32-23-13-7-20(8-14-23)15-25(30)33-19(3)26(31)28-22-11-9-21(10-12-22)27(4,5)6/h7-14,19H,15-16H2,1-6H3,(H,28,31). The van der Waals surface area contributed by atoms with Gasteiger partial charge in [-0.25, -0.2) is 0 Å². The molecule has 7 heteroatoms. The fourth-order valence-electron chi connectivity index (χ4n) is 3.32. The Hall–Kier alpha value is -3.61. The van der Waals surface area contributed by atoms with Gasteiger partial charge in [0.25, 0.3) is 5.91 Å². The normalized spacial score (nSPS) is 12.2. The first kappa shape index (κ1) is 25.0. The summed E-state index contributed by atoms with van der Waals surface area (Å²) in [6, 6.07) is 14.8. The molecular formula is C27H32N2O5. The summed E-state index contributed by atoms with van der Waals surface area (Å²) in [6.45, 7) is 12.0. The molecule has 7 nitrogen and oxygen atoms in total. The second kappa shape index (κ2) is 10.5. The average molecular weight is 465 g/mol. The third kappa shape index (κ3) is 6.70. The highest BCUT2D eigenvalue weighted by atomic mass is 16.5. The van der Waals surface area contributed by atoms with E-state index in [4.69, 9.17) is 14.0 Å². The highest BCUT2D eigenvalue weighted by molar-refractivity contribution is 5.95. The molecule has 0 aliphatic carbocycles. The van der Waals surface area contributed by atoms with Crippen molar-refractivity contribution in [2.75, 3.05) is 5.32 Å². The molecule has 0 radical (unpaired) electrons. The summed E-state index contributed by atoms with van der Waals surface area (Å²) >= 11 is 0. The topological polar surface area (TPSA) is 90.7 Å². The number of nitrogens with one attached hydrogen (secondary N) is 1. The molecule has 1 atom stereocenters. The van der Waals surface area contributed by atoms with Crippen LogP contribution in [0.2, 0.25) is 0 Å². The van der Waals surface area contributed by atoms with Gasteiger partial charge in [0.2, 0.25) is 0 Å². The van der Waals surface area contributed by atoms with E-state index in [1.165, 1.54) is 5.56 Å². The monoisotopic (exact) mass is 464 g/mol. The maximum Gasteiger partial charge on any atom is 0.311 e.